The lowest BCUT2D eigenvalue weighted by Crippen LogP contribution is -2.24. The third-order valence-corrected chi connectivity index (χ3v) is 9.26. The van der Waals surface area contributed by atoms with Gasteiger partial charge in [-0.05, 0) is 88.5 Å². The molecule has 188 valence electrons. The normalized spacial score (nSPS) is 21.6. The largest absolute Gasteiger partial charge is 0.481 e. The van der Waals surface area contributed by atoms with Gasteiger partial charge in [0.15, 0.2) is 11.6 Å². The van der Waals surface area contributed by atoms with E-state index >= 15 is 0 Å². The molecule has 0 aromatic heterocycles. The second-order valence-electron chi connectivity index (χ2n) is 10.1. The minimum absolute atomic E-state index is 0.00122. The van der Waals surface area contributed by atoms with Gasteiger partial charge in [0.25, 0.3) is 0 Å². The molecule has 0 amide bonds. The average molecular weight is 511 g/mol. The van der Waals surface area contributed by atoms with Crippen LogP contribution in [0.15, 0.2) is 43.9 Å². The number of aliphatic hydroxyl groups excluding tert-OH is 1. The van der Waals surface area contributed by atoms with Gasteiger partial charge in [0.1, 0.15) is 0 Å². The van der Waals surface area contributed by atoms with E-state index in [1.54, 1.807) is 13.8 Å². The first-order valence-electron chi connectivity index (χ1n) is 11.3. The van der Waals surface area contributed by atoms with Crippen molar-refractivity contribution < 1.29 is 33.0 Å². The van der Waals surface area contributed by atoms with Gasteiger partial charge in [0, 0.05) is 26.2 Å². The number of carboxylic acids is 1. The number of hydrogen-bond donors (Lipinski definition) is 2. The quantitative estimate of drug-likeness (QED) is 0.406. The van der Waals surface area contributed by atoms with Crippen molar-refractivity contribution in [3.63, 3.8) is 0 Å². The van der Waals surface area contributed by atoms with Gasteiger partial charge < -0.3 is 10.2 Å². The van der Waals surface area contributed by atoms with E-state index in [0.717, 1.165) is 0 Å². The molecule has 34 heavy (non-hydrogen) atoms. The summed E-state index contributed by atoms with van der Waals surface area (Å²) in [5, 5.41) is 18.7. The number of carbonyl (C=O) groups is 3. The van der Waals surface area contributed by atoms with Crippen molar-refractivity contribution in [1.82, 2.24) is 0 Å². The summed E-state index contributed by atoms with van der Waals surface area (Å²) in [4.78, 5) is 37.5. The second-order valence-corrected chi connectivity index (χ2v) is 13.3. The summed E-state index contributed by atoms with van der Waals surface area (Å²) in [6.45, 7) is 6.99. The number of allylic oxidation sites excluding steroid dienone is 8. The predicted molar refractivity (Wildman–Crippen MR) is 133 cm³/mol. The van der Waals surface area contributed by atoms with Crippen LogP contribution in [0, 0.1) is 10.8 Å². The van der Waals surface area contributed by atoms with Gasteiger partial charge >= 0.3 is 5.97 Å². The number of aliphatic carboxylic acids is 1. The van der Waals surface area contributed by atoms with Gasteiger partial charge in [-0.2, -0.15) is 0 Å². The van der Waals surface area contributed by atoms with Crippen molar-refractivity contribution >= 4 is 39.1 Å². The summed E-state index contributed by atoms with van der Waals surface area (Å²) in [7, 11) is -2.95. The maximum atomic E-state index is 12.9. The fourth-order valence-electron chi connectivity index (χ4n) is 3.45. The van der Waals surface area contributed by atoms with Crippen LogP contribution >= 0.6 is 0 Å². The lowest BCUT2D eigenvalue weighted by Gasteiger charge is -2.23. The van der Waals surface area contributed by atoms with E-state index in [-0.39, 0.29) is 36.4 Å². The molecule has 0 fully saturated rings. The summed E-state index contributed by atoms with van der Waals surface area (Å²) in [6, 6.07) is 0. The number of ketones is 2. The zero-order valence-electron chi connectivity index (χ0n) is 20.2. The van der Waals surface area contributed by atoms with Gasteiger partial charge in [-0.15, -0.1) is 0 Å². The highest BCUT2D eigenvalue weighted by Gasteiger charge is 2.29. The zero-order valence-corrected chi connectivity index (χ0v) is 21.9. The summed E-state index contributed by atoms with van der Waals surface area (Å²) in [6.07, 6.45) is 8.20. The Labute approximate surface area is 206 Å². The Balaban J connectivity index is 1.96. The maximum Gasteiger partial charge on any atom is 0.309 e. The minimum Gasteiger partial charge on any atom is -0.481 e. The number of carboxylic acid groups (broad SMARTS) is 1. The van der Waals surface area contributed by atoms with Crippen LogP contribution in [0.3, 0.4) is 0 Å². The van der Waals surface area contributed by atoms with Crippen LogP contribution in [-0.4, -0.2) is 42.8 Å². The lowest BCUT2D eigenvalue weighted by atomic mass is 9.88. The summed E-state index contributed by atoms with van der Waals surface area (Å²) >= 11 is 0. The van der Waals surface area contributed by atoms with Crippen molar-refractivity contribution in [2.24, 2.45) is 10.8 Å². The van der Waals surface area contributed by atoms with Crippen LogP contribution in [0.25, 0.3) is 0 Å². The fraction of sp³-hybridized carbons (Fsp3) is 0.560. The van der Waals surface area contributed by atoms with Gasteiger partial charge in [-0.3, -0.25) is 14.4 Å². The highest BCUT2D eigenvalue weighted by atomic mass is 32.2. The zero-order chi connectivity index (χ0) is 25.7. The van der Waals surface area contributed by atoms with Gasteiger partial charge in [0.2, 0.25) is 0 Å². The minimum atomic E-state index is -1.52. The fourth-order valence-corrected chi connectivity index (χ4v) is 6.25. The molecule has 0 aromatic carbocycles. The van der Waals surface area contributed by atoms with E-state index in [1.165, 1.54) is 24.3 Å². The molecule has 2 unspecified atom stereocenters. The van der Waals surface area contributed by atoms with Crippen molar-refractivity contribution in [1.29, 1.82) is 0 Å². The van der Waals surface area contributed by atoms with E-state index in [9.17, 15) is 33.0 Å². The highest BCUT2D eigenvalue weighted by Crippen LogP contribution is 2.33. The summed E-state index contributed by atoms with van der Waals surface area (Å²) < 4.78 is 25.9. The van der Waals surface area contributed by atoms with Crippen molar-refractivity contribution in [2.45, 2.75) is 72.6 Å². The van der Waals surface area contributed by atoms with Crippen LogP contribution in [0.4, 0.5) is 0 Å². The molecule has 0 saturated heterocycles. The third-order valence-electron chi connectivity index (χ3n) is 6.06. The summed E-state index contributed by atoms with van der Waals surface area (Å²) in [5.41, 5.74) is -1.32. The first-order valence-corrected chi connectivity index (χ1v) is 13.6. The van der Waals surface area contributed by atoms with E-state index in [4.69, 9.17) is 0 Å². The van der Waals surface area contributed by atoms with Crippen LogP contribution in [0.2, 0.25) is 0 Å². The van der Waals surface area contributed by atoms with Crippen LogP contribution in [-0.2, 0) is 36.0 Å². The molecule has 2 atom stereocenters. The molecule has 0 bridgehead atoms. The Kier molecular flexibility index (Phi) is 9.68. The maximum absolute atomic E-state index is 12.9. The Hall–Kier alpha value is -1.97. The van der Waals surface area contributed by atoms with Crippen molar-refractivity contribution in [2.75, 3.05) is 6.61 Å². The van der Waals surface area contributed by atoms with E-state index in [2.05, 4.69) is 0 Å². The van der Waals surface area contributed by atoms with Crippen LogP contribution in [0.1, 0.15) is 72.6 Å². The molecule has 0 aromatic rings. The molecule has 9 heteroatoms. The molecule has 2 N–H and O–H groups in total. The molecule has 0 aliphatic carbocycles. The third kappa shape index (κ3) is 7.78. The number of carbonyl (C=O) groups excluding carboxylic acids is 2. The monoisotopic (exact) mass is 510 g/mol. The molecular weight excluding hydrogens is 476 g/mol. The average Bonchev–Trinajstić information content (AvgIpc) is 2.75. The predicted octanol–water partition coefficient (Wildman–Crippen LogP) is 4.04. The highest BCUT2D eigenvalue weighted by molar-refractivity contribution is 7.93. The van der Waals surface area contributed by atoms with Crippen LogP contribution < -0.4 is 0 Å². The van der Waals surface area contributed by atoms with E-state index in [0.29, 0.717) is 51.7 Å². The van der Waals surface area contributed by atoms with Crippen molar-refractivity contribution in [3.05, 3.63) is 43.9 Å². The molecule has 2 aliphatic rings. The Bertz CT molecular complexity index is 1030. The van der Waals surface area contributed by atoms with Gasteiger partial charge in [-0.25, -0.2) is 8.42 Å². The Morgan fingerprint density at radius 2 is 1.15 bits per heavy atom. The smallest absolute Gasteiger partial charge is 0.309 e. The molecule has 2 rings (SSSR count). The molecule has 0 saturated carbocycles. The summed E-state index contributed by atoms with van der Waals surface area (Å²) in [5.74, 6) is -1.44. The number of aliphatic hydroxyl groups is 1. The number of rotatable bonds is 12. The first-order chi connectivity index (χ1) is 15.8. The molecule has 2 aliphatic heterocycles. The first kappa shape index (κ1) is 28.3. The van der Waals surface area contributed by atoms with Gasteiger partial charge in [0.05, 0.1) is 27.0 Å². The molecular formula is C25H34O7S2. The second kappa shape index (κ2) is 11.6. The van der Waals surface area contributed by atoms with Crippen molar-refractivity contribution in [3.8, 4) is 0 Å². The topological polar surface area (TPSA) is 126 Å². The molecule has 7 nitrogen and oxygen atoms in total. The molecule has 2 heterocycles. The standard InChI is InChI=1S/C25H34O7S2/c1-24(2,16-26)10-8-21-14-17(27)12-19(33(21)31)6-5-7-20-13-18(28)15-22(34(20)32)9-11-25(3,4)23(29)30/h12-15,26H,5-11,16H2,1-4H3,(H,29,30). The Morgan fingerprint density at radius 1 is 0.765 bits per heavy atom. The molecule has 0 spiro atoms. The van der Waals surface area contributed by atoms with Gasteiger partial charge in [-0.1, -0.05) is 13.8 Å². The molecule has 0 radical (unpaired) electrons. The lowest BCUT2D eigenvalue weighted by molar-refractivity contribution is -0.147. The number of hydrogen-bond acceptors (Lipinski definition) is 6. The SMILES string of the molecule is CC(C)(CO)CCC1=CC(=O)C=C(CCCC2=CC(=O)C=C(CCC(C)(C)C(=O)O)S2=O)S1=O. The Morgan fingerprint density at radius 3 is 1.53 bits per heavy atom. The van der Waals surface area contributed by atoms with Crippen LogP contribution in [0.5, 0.6) is 0 Å². The van der Waals surface area contributed by atoms with E-state index < -0.39 is 33.0 Å². The van der Waals surface area contributed by atoms with E-state index in [1.807, 2.05) is 13.8 Å².